The molecule has 26 heavy (non-hydrogen) atoms. The number of carboxylic acid groups (broad SMARTS) is 1. The number of esters is 1. The molecule has 0 unspecified atom stereocenters. The number of unbranched alkanes of at least 4 members (excludes halogenated alkanes) is 1. The van der Waals surface area contributed by atoms with Crippen LogP contribution in [0, 0.1) is 0 Å². The van der Waals surface area contributed by atoms with Crippen molar-refractivity contribution in [2.45, 2.75) is 25.8 Å². The fourth-order valence-electron chi connectivity index (χ4n) is 2.34. The molecule has 2 rings (SSSR count). The van der Waals surface area contributed by atoms with E-state index >= 15 is 0 Å². The van der Waals surface area contributed by atoms with Crippen LogP contribution in [0.1, 0.15) is 40.7 Å². The van der Waals surface area contributed by atoms with Gasteiger partial charge in [-0.25, -0.2) is 9.36 Å². The third kappa shape index (κ3) is 7.07. The number of carboxylic acids is 1. The highest BCUT2D eigenvalue weighted by atomic mass is 35.5. The highest BCUT2D eigenvalue weighted by molar-refractivity contribution is 5.89. The normalized spacial score (nSPS) is 10.3. The number of nitrogens with zero attached hydrogens (tertiary/aromatic N) is 1. The van der Waals surface area contributed by atoms with Crippen LogP contribution in [0.4, 0.5) is 0 Å². The third-order valence-electron chi connectivity index (χ3n) is 3.77. The van der Waals surface area contributed by atoms with Crippen LogP contribution in [0.3, 0.4) is 0 Å². The molecule has 6 heteroatoms. The number of ether oxygens (including phenoxy) is 1. The number of aromatic nitrogens is 1. The summed E-state index contributed by atoms with van der Waals surface area (Å²) in [5, 5.41) is 8.62. The van der Waals surface area contributed by atoms with E-state index in [4.69, 9.17) is 5.11 Å². The second-order valence-electron chi connectivity index (χ2n) is 5.67. The summed E-state index contributed by atoms with van der Waals surface area (Å²) < 4.78 is 6.72. The number of hydrogen-bond donors (Lipinski definition) is 1. The number of halogens is 1. The van der Waals surface area contributed by atoms with E-state index in [-0.39, 0.29) is 24.8 Å². The average Bonchev–Trinajstić information content (AvgIpc) is 2.64. The summed E-state index contributed by atoms with van der Waals surface area (Å²) in [6.07, 6.45) is 9.71. The Morgan fingerprint density at radius 3 is 2.12 bits per heavy atom. The molecule has 0 atom stereocenters. The Balaban J connectivity index is 0.00000338. The van der Waals surface area contributed by atoms with Gasteiger partial charge in [0.2, 0.25) is 0 Å². The molecule has 0 saturated carbocycles. The Labute approximate surface area is 159 Å². The maximum Gasteiger partial charge on any atom is 0.337 e. The van der Waals surface area contributed by atoms with E-state index in [1.54, 1.807) is 12.1 Å². The maximum atomic E-state index is 11.4. The van der Waals surface area contributed by atoms with Crippen molar-refractivity contribution in [2.24, 2.45) is 0 Å². The van der Waals surface area contributed by atoms with Gasteiger partial charge >= 0.3 is 11.9 Å². The zero-order valence-electron chi connectivity index (χ0n) is 14.6. The lowest BCUT2D eigenvalue weighted by Gasteiger charge is -2.00. The van der Waals surface area contributed by atoms with Crippen LogP contribution in [0.5, 0.6) is 0 Å². The summed E-state index contributed by atoms with van der Waals surface area (Å²) in [6, 6.07) is 11.2. The first-order valence-electron chi connectivity index (χ1n) is 8.16. The van der Waals surface area contributed by atoms with Crippen molar-refractivity contribution in [3.8, 4) is 0 Å². The quantitative estimate of drug-likeness (QED) is 0.406. The molecule has 0 spiro atoms. The van der Waals surface area contributed by atoms with Gasteiger partial charge in [-0.2, -0.15) is 0 Å². The number of aliphatic carboxylic acids is 1. The first-order valence-corrected chi connectivity index (χ1v) is 8.16. The van der Waals surface area contributed by atoms with Crippen molar-refractivity contribution < 1.29 is 36.4 Å². The fourth-order valence-corrected chi connectivity index (χ4v) is 2.34. The van der Waals surface area contributed by atoms with Crippen LogP contribution in [0.2, 0.25) is 0 Å². The van der Waals surface area contributed by atoms with Crippen molar-refractivity contribution in [2.75, 3.05) is 7.11 Å². The summed E-state index contributed by atoms with van der Waals surface area (Å²) >= 11 is 0. The molecule has 5 nitrogen and oxygen atoms in total. The van der Waals surface area contributed by atoms with Crippen LogP contribution in [0.15, 0.2) is 48.8 Å². The molecule has 2 aromatic rings. The molecule has 1 aromatic carbocycles. The van der Waals surface area contributed by atoms with Gasteiger partial charge in [0.1, 0.15) is 6.54 Å². The number of pyridine rings is 1. The van der Waals surface area contributed by atoms with E-state index in [0.29, 0.717) is 12.0 Å². The van der Waals surface area contributed by atoms with Gasteiger partial charge in [-0.3, -0.25) is 4.79 Å². The lowest BCUT2D eigenvalue weighted by molar-refractivity contribution is -0.697. The minimum atomic E-state index is -0.745. The van der Waals surface area contributed by atoms with E-state index in [1.807, 2.05) is 53.4 Å². The van der Waals surface area contributed by atoms with E-state index < -0.39 is 5.97 Å². The number of rotatable bonds is 8. The maximum absolute atomic E-state index is 11.4. The van der Waals surface area contributed by atoms with E-state index in [0.717, 1.165) is 24.1 Å². The number of carbonyl (C=O) groups is 2. The third-order valence-corrected chi connectivity index (χ3v) is 3.77. The van der Waals surface area contributed by atoms with Gasteiger partial charge < -0.3 is 22.3 Å². The van der Waals surface area contributed by atoms with Crippen molar-refractivity contribution in [3.05, 3.63) is 65.5 Å². The van der Waals surface area contributed by atoms with Crippen molar-refractivity contribution in [1.82, 2.24) is 0 Å². The number of carbonyl (C=O) groups excluding carboxylic acids is 1. The smallest absolute Gasteiger partial charge is 0.337 e. The van der Waals surface area contributed by atoms with Gasteiger partial charge in [-0.05, 0) is 29.7 Å². The standard InChI is InChI=1S/C20H21NO4.ClH/c1-25-20(24)18-9-7-16(8-10-18)5-6-17-11-14-21(15-12-17)13-3-2-4-19(22)23;/h5-12,14-15H,2-4,13H2,1H3;1H/b6-5-;. The summed E-state index contributed by atoms with van der Waals surface area (Å²) in [5.74, 6) is -1.09. The zero-order chi connectivity index (χ0) is 18.1. The highest BCUT2D eigenvalue weighted by Crippen LogP contribution is 2.10. The van der Waals surface area contributed by atoms with Gasteiger partial charge in [0.05, 0.1) is 12.7 Å². The second-order valence-corrected chi connectivity index (χ2v) is 5.67. The Morgan fingerprint density at radius 2 is 1.58 bits per heavy atom. The molecule has 0 aliphatic heterocycles. The average molecular weight is 376 g/mol. The number of methoxy groups -OCH3 is 1. The van der Waals surface area contributed by atoms with Crippen molar-refractivity contribution >= 4 is 24.1 Å². The summed E-state index contributed by atoms with van der Waals surface area (Å²) in [6.45, 7) is 0.812. The van der Waals surface area contributed by atoms with Gasteiger partial charge in [-0.15, -0.1) is 0 Å². The summed E-state index contributed by atoms with van der Waals surface area (Å²) in [5.41, 5.74) is 2.60. The molecular formula is C20H22ClNO4. The predicted molar refractivity (Wildman–Crippen MR) is 94.8 cm³/mol. The molecule has 0 radical (unpaired) electrons. The minimum Gasteiger partial charge on any atom is -1.00 e. The first kappa shape index (κ1) is 21.4. The van der Waals surface area contributed by atoms with Gasteiger partial charge in [0.25, 0.3) is 0 Å². The lowest BCUT2D eigenvalue weighted by atomic mass is 10.1. The van der Waals surface area contributed by atoms with Gasteiger partial charge in [0.15, 0.2) is 12.4 Å². The van der Waals surface area contributed by atoms with Crippen LogP contribution in [0.25, 0.3) is 12.2 Å². The van der Waals surface area contributed by atoms with E-state index in [2.05, 4.69) is 4.74 Å². The highest BCUT2D eigenvalue weighted by Gasteiger charge is 2.04. The van der Waals surface area contributed by atoms with Crippen molar-refractivity contribution in [3.63, 3.8) is 0 Å². The Bertz CT molecular complexity index is 739. The number of benzene rings is 1. The lowest BCUT2D eigenvalue weighted by Crippen LogP contribution is -3.00. The molecule has 1 aromatic heterocycles. The molecule has 0 saturated heterocycles. The van der Waals surface area contributed by atoms with Crippen molar-refractivity contribution in [1.29, 1.82) is 0 Å². The SMILES string of the molecule is COC(=O)c1ccc(/C=C\c2cc[n+](CCCCC(=O)O)cc2)cc1.[Cl-]. The van der Waals surface area contributed by atoms with Crippen LogP contribution in [-0.2, 0) is 16.1 Å². The summed E-state index contributed by atoms with van der Waals surface area (Å²) in [7, 11) is 1.37. The second kappa shape index (κ2) is 11.1. The van der Waals surface area contributed by atoms with Crippen LogP contribution in [-0.4, -0.2) is 24.2 Å². The number of aryl methyl sites for hydroxylation is 1. The fraction of sp³-hybridized carbons (Fsp3) is 0.250. The van der Waals surface area contributed by atoms with Gasteiger partial charge in [0, 0.05) is 25.0 Å². The Kier molecular flexibility index (Phi) is 9.09. The summed E-state index contributed by atoms with van der Waals surface area (Å²) in [4.78, 5) is 21.9. The van der Waals surface area contributed by atoms with Crippen LogP contribution >= 0.6 is 0 Å². The molecule has 0 fully saturated rings. The zero-order valence-corrected chi connectivity index (χ0v) is 15.4. The predicted octanol–water partition coefficient (Wildman–Crippen LogP) is 0.190. The first-order chi connectivity index (χ1) is 12.1. The Morgan fingerprint density at radius 1 is 1.00 bits per heavy atom. The molecule has 0 aliphatic rings. The minimum absolute atomic E-state index is 0. The topological polar surface area (TPSA) is 67.5 Å². The number of hydrogen-bond acceptors (Lipinski definition) is 3. The van der Waals surface area contributed by atoms with E-state index in [1.165, 1.54) is 7.11 Å². The molecule has 138 valence electrons. The van der Waals surface area contributed by atoms with Gasteiger partial charge in [-0.1, -0.05) is 24.3 Å². The monoisotopic (exact) mass is 375 g/mol. The molecule has 1 heterocycles. The molecule has 0 bridgehead atoms. The Hall–Kier alpha value is -2.66. The molecule has 0 amide bonds. The molecule has 0 aliphatic carbocycles. The van der Waals surface area contributed by atoms with E-state index in [9.17, 15) is 9.59 Å². The molecular weight excluding hydrogens is 354 g/mol. The molecule has 1 N–H and O–H groups in total. The van der Waals surface area contributed by atoms with Crippen LogP contribution < -0.4 is 17.0 Å². The largest absolute Gasteiger partial charge is 1.00 e.